The Hall–Kier alpha value is -2.11. The lowest BCUT2D eigenvalue weighted by molar-refractivity contribution is -0.137. The third-order valence-electron chi connectivity index (χ3n) is 3.97. The zero-order valence-corrected chi connectivity index (χ0v) is 12.7. The number of primary amides is 1. The lowest BCUT2D eigenvalue weighted by Crippen LogP contribution is -2.43. The molecule has 1 saturated heterocycles. The van der Waals surface area contributed by atoms with Crippen molar-refractivity contribution in [2.75, 3.05) is 13.7 Å². The normalized spacial score (nSPS) is 17.5. The highest BCUT2D eigenvalue weighted by Gasteiger charge is 2.31. The van der Waals surface area contributed by atoms with Crippen LogP contribution in [0.25, 0.3) is 0 Å². The van der Waals surface area contributed by atoms with Crippen molar-refractivity contribution >= 4 is 11.8 Å². The standard InChI is InChI=1S/C16H21FN2O3/c1-22-14-8-7-11(10-12(14)17)4-2-6-15(20)19-9-3-5-13(19)16(18)21/h7-8,10,13H,2-6,9H2,1H3,(H2,18,21). The Morgan fingerprint density at radius 2 is 2.23 bits per heavy atom. The van der Waals surface area contributed by atoms with Crippen LogP contribution in [-0.2, 0) is 16.0 Å². The van der Waals surface area contributed by atoms with Crippen LogP contribution in [0, 0.1) is 5.82 Å². The number of methoxy groups -OCH3 is 1. The van der Waals surface area contributed by atoms with Crippen LogP contribution in [0.5, 0.6) is 5.75 Å². The van der Waals surface area contributed by atoms with Crippen molar-refractivity contribution in [3.05, 3.63) is 29.6 Å². The minimum absolute atomic E-state index is 0.0599. The van der Waals surface area contributed by atoms with Crippen LogP contribution in [0.15, 0.2) is 18.2 Å². The van der Waals surface area contributed by atoms with E-state index in [1.165, 1.54) is 13.2 Å². The van der Waals surface area contributed by atoms with Gasteiger partial charge in [-0.25, -0.2) is 4.39 Å². The summed E-state index contributed by atoms with van der Waals surface area (Å²) in [6.45, 7) is 0.587. The van der Waals surface area contributed by atoms with Crippen molar-refractivity contribution in [2.24, 2.45) is 5.73 Å². The predicted molar refractivity (Wildman–Crippen MR) is 79.8 cm³/mol. The molecule has 1 fully saturated rings. The van der Waals surface area contributed by atoms with E-state index < -0.39 is 17.8 Å². The van der Waals surface area contributed by atoms with Crippen LogP contribution in [0.2, 0.25) is 0 Å². The fourth-order valence-corrected chi connectivity index (χ4v) is 2.81. The highest BCUT2D eigenvalue weighted by molar-refractivity contribution is 5.87. The first-order chi connectivity index (χ1) is 10.5. The lowest BCUT2D eigenvalue weighted by Gasteiger charge is -2.22. The number of nitrogens with two attached hydrogens (primary N) is 1. The number of likely N-dealkylation sites (tertiary alicyclic amines) is 1. The minimum Gasteiger partial charge on any atom is -0.494 e. The lowest BCUT2D eigenvalue weighted by atomic mass is 10.1. The van der Waals surface area contributed by atoms with E-state index in [9.17, 15) is 14.0 Å². The summed E-state index contributed by atoms with van der Waals surface area (Å²) in [6, 6.07) is 4.32. The molecule has 2 N–H and O–H groups in total. The van der Waals surface area contributed by atoms with Crippen molar-refractivity contribution < 1.29 is 18.7 Å². The first kappa shape index (κ1) is 16.3. The fraction of sp³-hybridized carbons (Fsp3) is 0.500. The molecule has 6 heteroatoms. The summed E-state index contributed by atoms with van der Waals surface area (Å²) in [7, 11) is 1.42. The van der Waals surface area contributed by atoms with Crippen molar-refractivity contribution in [1.29, 1.82) is 0 Å². The number of hydrogen-bond acceptors (Lipinski definition) is 3. The van der Waals surface area contributed by atoms with E-state index in [2.05, 4.69) is 0 Å². The molecule has 120 valence electrons. The molecular formula is C16H21FN2O3. The number of ether oxygens (including phenoxy) is 1. The zero-order chi connectivity index (χ0) is 16.1. The number of benzene rings is 1. The van der Waals surface area contributed by atoms with Crippen LogP contribution < -0.4 is 10.5 Å². The van der Waals surface area contributed by atoms with E-state index in [-0.39, 0.29) is 11.7 Å². The van der Waals surface area contributed by atoms with Crippen LogP contribution in [0.4, 0.5) is 4.39 Å². The Morgan fingerprint density at radius 3 is 2.86 bits per heavy atom. The molecule has 0 radical (unpaired) electrons. The zero-order valence-electron chi connectivity index (χ0n) is 12.7. The molecule has 1 unspecified atom stereocenters. The smallest absolute Gasteiger partial charge is 0.240 e. The Kier molecular flexibility index (Phi) is 5.35. The number of nitrogens with zero attached hydrogens (tertiary/aromatic N) is 1. The van der Waals surface area contributed by atoms with Gasteiger partial charge in [0.1, 0.15) is 6.04 Å². The second-order valence-corrected chi connectivity index (χ2v) is 5.47. The van der Waals surface area contributed by atoms with Gasteiger partial charge in [-0.15, -0.1) is 0 Å². The minimum atomic E-state index is -0.467. The number of amides is 2. The maximum atomic E-state index is 13.6. The van der Waals surface area contributed by atoms with Gasteiger partial charge in [0.05, 0.1) is 7.11 Å². The summed E-state index contributed by atoms with van der Waals surface area (Å²) in [4.78, 5) is 25.0. The van der Waals surface area contributed by atoms with Crippen LogP contribution >= 0.6 is 0 Å². The molecule has 0 saturated carbocycles. The van der Waals surface area contributed by atoms with E-state index in [1.54, 1.807) is 17.0 Å². The first-order valence-corrected chi connectivity index (χ1v) is 7.44. The summed E-state index contributed by atoms with van der Waals surface area (Å²) in [6.07, 6.45) is 2.99. The Balaban J connectivity index is 1.84. The van der Waals surface area contributed by atoms with Gasteiger partial charge in [0.25, 0.3) is 0 Å². The summed E-state index contributed by atoms with van der Waals surface area (Å²) < 4.78 is 18.4. The Morgan fingerprint density at radius 1 is 1.45 bits per heavy atom. The van der Waals surface area contributed by atoms with Crippen LogP contribution in [-0.4, -0.2) is 36.4 Å². The maximum Gasteiger partial charge on any atom is 0.240 e. The molecular weight excluding hydrogens is 287 g/mol. The Labute approximate surface area is 129 Å². The van der Waals surface area contributed by atoms with Gasteiger partial charge in [-0.2, -0.15) is 0 Å². The van der Waals surface area contributed by atoms with Crippen molar-refractivity contribution in [3.63, 3.8) is 0 Å². The van der Waals surface area contributed by atoms with Gasteiger partial charge in [-0.05, 0) is 43.4 Å². The van der Waals surface area contributed by atoms with E-state index in [4.69, 9.17) is 10.5 Å². The molecule has 0 aliphatic carbocycles. The maximum absolute atomic E-state index is 13.6. The third kappa shape index (κ3) is 3.75. The van der Waals surface area contributed by atoms with Crippen molar-refractivity contribution in [3.8, 4) is 5.75 Å². The molecule has 1 aromatic carbocycles. The molecule has 1 aliphatic heterocycles. The molecule has 22 heavy (non-hydrogen) atoms. The van der Waals surface area contributed by atoms with E-state index >= 15 is 0 Å². The summed E-state index contributed by atoms with van der Waals surface area (Å²) in [5.74, 6) is -0.695. The fourth-order valence-electron chi connectivity index (χ4n) is 2.81. The molecule has 0 aromatic heterocycles. The molecule has 2 rings (SSSR count). The molecule has 1 aliphatic rings. The highest BCUT2D eigenvalue weighted by atomic mass is 19.1. The molecule has 2 amide bonds. The Bertz CT molecular complexity index is 562. The van der Waals surface area contributed by atoms with Crippen molar-refractivity contribution in [2.45, 2.75) is 38.1 Å². The highest BCUT2D eigenvalue weighted by Crippen LogP contribution is 2.21. The number of aryl methyl sites for hydroxylation is 1. The second-order valence-electron chi connectivity index (χ2n) is 5.47. The van der Waals surface area contributed by atoms with Gasteiger partial charge in [0.2, 0.25) is 11.8 Å². The summed E-state index contributed by atoms with van der Waals surface area (Å²) >= 11 is 0. The molecule has 1 atom stereocenters. The second kappa shape index (κ2) is 7.24. The van der Waals surface area contributed by atoms with Crippen LogP contribution in [0.3, 0.4) is 0 Å². The van der Waals surface area contributed by atoms with Crippen molar-refractivity contribution in [1.82, 2.24) is 4.90 Å². The summed E-state index contributed by atoms with van der Waals surface area (Å²) in [5, 5.41) is 0. The SMILES string of the molecule is COc1ccc(CCCC(=O)N2CCCC2C(N)=O)cc1F. The number of carbonyl (C=O) groups excluding carboxylic acids is 2. The number of carbonyl (C=O) groups is 2. The molecule has 0 bridgehead atoms. The van der Waals surface area contributed by atoms with E-state index in [1.807, 2.05) is 0 Å². The average molecular weight is 308 g/mol. The van der Waals surface area contributed by atoms with Gasteiger partial charge in [0, 0.05) is 13.0 Å². The van der Waals surface area contributed by atoms with Gasteiger partial charge in [0.15, 0.2) is 11.6 Å². The first-order valence-electron chi connectivity index (χ1n) is 7.44. The topological polar surface area (TPSA) is 72.6 Å². The largest absolute Gasteiger partial charge is 0.494 e. The van der Waals surface area contributed by atoms with Gasteiger partial charge in [-0.3, -0.25) is 9.59 Å². The molecule has 0 spiro atoms. The van der Waals surface area contributed by atoms with Crippen LogP contribution in [0.1, 0.15) is 31.2 Å². The predicted octanol–water partition coefficient (Wildman–Crippen LogP) is 1.63. The van der Waals surface area contributed by atoms with Gasteiger partial charge >= 0.3 is 0 Å². The van der Waals surface area contributed by atoms with E-state index in [0.29, 0.717) is 32.2 Å². The quantitative estimate of drug-likeness (QED) is 0.868. The number of halogens is 1. The molecule has 1 aromatic rings. The summed E-state index contributed by atoms with van der Waals surface area (Å²) in [5.41, 5.74) is 6.12. The van der Waals surface area contributed by atoms with E-state index in [0.717, 1.165) is 12.0 Å². The monoisotopic (exact) mass is 308 g/mol. The van der Waals surface area contributed by atoms with Gasteiger partial charge < -0.3 is 15.4 Å². The third-order valence-corrected chi connectivity index (χ3v) is 3.97. The average Bonchev–Trinajstić information content (AvgIpc) is 2.97. The molecule has 5 nitrogen and oxygen atoms in total. The molecule has 1 heterocycles. The number of hydrogen-bond donors (Lipinski definition) is 1. The number of rotatable bonds is 6. The van der Waals surface area contributed by atoms with Gasteiger partial charge in [-0.1, -0.05) is 6.07 Å².